The molecule has 0 radical (unpaired) electrons. The van der Waals surface area contributed by atoms with Gasteiger partial charge < -0.3 is 10.6 Å². The zero-order chi connectivity index (χ0) is 18.9. The molecule has 0 aliphatic heterocycles. The van der Waals surface area contributed by atoms with Crippen molar-refractivity contribution in [3.63, 3.8) is 0 Å². The number of unbranched alkanes of at least 4 members (excludes halogenated alkanes) is 4. The van der Waals surface area contributed by atoms with Gasteiger partial charge in [0.05, 0.1) is 11.4 Å². The molecule has 0 spiro atoms. The Hall–Kier alpha value is -2.63. The van der Waals surface area contributed by atoms with Crippen molar-refractivity contribution in [3.8, 4) is 5.69 Å². The summed E-state index contributed by atoms with van der Waals surface area (Å²) in [6.07, 6.45) is 5.86. The summed E-state index contributed by atoms with van der Waals surface area (Å²) in [5.41, 5.74) is 2.21. The van der Waals surface area contributed by atoms with Crippen LogP contribution in [0.1, 0.15) is 62.0 Å². The van der Waals surface area contributed by atoms with Gasteiger partial charge in [-0.2, -0.15) is 5.10 Å². The van der Waals surface area contributed by atoms with E-state index in [0.29, 0.717) is 17.9 Å². The average molecular weight is 356 g/mol. The molecule has 0 bridgehead atoms. The van der Waals surface area contributed by atoms with E-state index in [0.717, 1.165) is 24.2 Å². The molecule has 1 aromatic carbocycles. The van der Waals surface area contributed by atoms with Crippen molar-refractivity contribution in [1.82, 2.24) is 15.1 Å². The summed E-state index contributed by atoms with van der Waals surface area (Å²) in [4.78, 5) is 23.5. The second kappa shape index (κ2) is 9.75. The van der Waals surface area contributed by atoms with Crippen molar-refractivity contribution in [1.29, 1.82) is 0 Å². The fraction of sp³-hybridized carbons (Fsp3) is 0.450. The third kappa shape index (κ3) is 5.72. The number of amides is 2. The van der Waals surface area contributed by atoms with E-state index in [-0.39, 0.29) is 11.8 Å². The molecule has 6 heteroatoms. The zero-order valence-corrected chi connectivity index (χ0v) is 15.8. The van der Waals surface area contributed by atoms with Crippen LogP contribution in [0.25, 0.3) is 5.69 Å². The summed E-state index contributed by atoms with van der Waals surface area (Å²) in [6, 6.07) is 9.01. The summed E-state index contributed by atoms with van der Waals surface area (Å²) in [5, 5.41) is 10.1. The number of aryl methyl sites for hydroxylation is 1. The average Bonchev–Trinajstić information content (AvgIpc) is 2.97. The highest BCUT2D eigenvalue weighted by atomic mass is 16.2. The van der Waals surface area contributed by atoms with Gasteiger partial charge in [-0.1, -0.05) is 32.6 Å². The van der Waals surface area contributed by atoms with Crippen LogP contribution in [0.3, 0.4) is 0 Å². The second-order valence-electron chi connectivity index (χ2n) is 6.48. The fourth-order valence-corrected chi connectivity index (χ4v) is 2.75. The molecule has 1 aromatic heterocycles. The molecule has 0 atom stereocenters. The number of anilines is 1. The highest BCUT2D eigenvalue weighted by Gasteiger charge is 2.10. The minimum Gasteiger partial charge on any atom is -0.352 e. The number of nitrogens with zero attached hydrogens (tertiary/aromatic N) is 2. The van der Waals surface area contributed by atoms with Crippen LogP contribution in [0.5, 0.6) is 0 Å². The highest BCUT2D eigenvalue weighted by molar-refractivity contribution is 5.94. The molecular weight excluding hydrogens is 328 g/mol. The number of nitrogens with one attached hydrogen (secondary N) is 2. The van der Waals surface area contributed by atoms with Crippen LogP contribution >= 0.6 is 0 Å². The van der Waals surface area contributed by atoms with E-state index in [9.17, 15) is 9.59 Å². The minimum atomic E-state index is -0.152. The fourth-order valence-electron chi connectivity index (χ4n) is 2.75. The lowest BCUT2D eigenvalue weighted by Gasteiger charge is -2.09. The van der Waals surface area contributed by atoms with Gasteiger partial charge in [0.2, 0.25) is 5.91 Å². The molecule has 0 saturated heterocycles. The molecule has 2 amide bonds. The van der Waals surface area contributed by atoms with E-state index in [1.807, 2.05) is 19.1 Å². The first-order chi connectivity index (χ1) is 12.5. The number of hydrogen-bond donors (Lipinski definition) is 2. The Morgan fingerprint density at radius 3 is 2.42 bits per heavy atom. The second-order valence-corrected chi connectivity index (χ2v) is 6.48. The van der Waals surface area contributed by atoms with Crippen molar-refractivity contribution >= 4 is 17.6 Å². The zero-order valence-electron chi connectivity index (χ0n) is 15.8. The van der Waals surface area contributed by atoms with E-state index in [2.05, 4.69) is 22.7 Å². The van der Waals surface area contributed by atoms with E-state index in [1.165, 1.54) is 26.2 Å². The normalized spacial score (nSPS) is 10.6. The third-order valence-electron chi connectivity index (χ3n) is 4.08. The first kappa shape index (κ1) is 19.7. The Kier molecular flexibility index (Phi) is 7.38. The Bertz CT molecular complexity index is 735. The van der Waals surface area contributed by atoms with E-state index in [4.69, 9.17) is 0 Å². The van der Waals surface area contributed by atoms with E-state index >= 15 is 0 Å². The van der Waals surface area contributed by atoms with Gasteiger partial charge >= 0.3 is 0 Å². The Morgan fingerprint density at radius 2 is 1.77 bits per heavy atom. The predicted octanol–water partition coefficient (Wildman–Crippen LogP) is 3.84. The van der Waals surface area contributed by atoms with Gasteiger partial charge in [-0.05, 0) is 37.6 Å². The quantitative estimate of drug-likeness (QED) is 0.670. The van der Waals surface area contributed by atoms with Gasteiger partial charge in [0.15, 0.2) is 0 Å². The van der Waals surface area contributed by atoms with Crippen molar-refractivity contribution in [2.24, 2.45) is 0 Å². The van der Waals surface area contributed by atoms with Gasteiger partial charge in [-0.25, -0.2) is 4.68 Å². The highest BCUT2D eigenvalue weighted by Crippen LogP contribution is 2.17. The monoisotopic (exact) mass is 356 g/mol. The maximum atomic E-state index is 12.2. The maximum absolute atomic E-state index is 12.2. The smallest absolute Gasteiger partial charge is 0.251 e. The summed E-state index contributed by atoms with van der Waals surface area (Å²) in [5.74, 6) is 0.395. The predicted molar refractivity (Wildman–Crippen MR) is 104 cm³/mol. The van der Waals surface area contributed by atoms with Crippen molar-refractivity contribution in [2.75, 3.05) is 11.9 Å². The largest absolute Gasteiger partial charge is 0.352 e. The number of aromatic nitrogens is 2. The molecule has 140 valence electrons. The van der Waals surface area contributed by atoms with Gasteiger partial charge in [-0.3, -0.25) is 9.59 Å². The van der Waals surface area contributed by atoms with Crippen LogP contribution in [0.2, 0.25) is 0 Å². The summed E-state index contributed by atoms with van der Waals surface area (Å²) in [7, 11) is 0. The molecule has 0 saturated carbocycles. The summed E-state index contributed by atoms with van der Waals surface area (Å²) in [6.45, 7) is 6.22. The summed E-state index contributed by atoms with van der Waals surface area (Å²) < 4.78 is 1.66. The van der Waals surface area contributed by atoms with Crippen LogP contribution in [0, 0.1) is 6.92 Å². The number of hydrogen-bond acceptors (Lipinski definition) is 3. The number of carbonyl (C=O) groups is 2. The molecule has 1 heterocycles. The lowest BCUT2D eigenvalue weighted by atomic mass is 10.1. The van der Waals surface area contributed by atoms with Gasteiger partial charge in [0, 0.05) is 25.1 Å². The maximum Gasteiger partial charge on any atom is 0.251 e. The van der Waals surface area contributed by atoms with Crippen LogP contribution in [0.15, 0.2) is 30.3 Å². The number of rotatable bonds is 9. The molecule has 2 aromatic rings. The van der Waals surface area contributed by atoms with Gasteiger partial charge in [0.25, 0.3) is 5.91 Å². The summed E-state index contributed by atoms with van der Waals surface area (Å²) >= 11 is 0. The Morgan fingerprint density at radius 1 is 1.08 bits per heavy atom. The van der Waals surface area contributed by atoms with Crippen LogP contribution in [0.4, 0.5) is 5.82 Å². The molecular formula is C20H28N4O2. The van der Waals surface area contributed by atoms with E-state index in [1.54, 1.807) is 22.9 Å². The lowest BCUT2D eigenvalue weighted by molar-refractivity contribution is -0.114. The van der Waals surface area contributed by atoms with Crippen molar-refractivity contribution in [3.05, 3.63) is 41.6 Å². The Labute approximate surface area is 155 Å². The molecule has 0 aliphatic rings. The van der Waals surface area contributed by atoms with Gasteiger partial charge in [0.1, 0.15) is 5.82 Å². The third-order valence-corrected chi connectivity index (χ3v) is 4.08. The van der Waals surface area contributed by atoms with Crippen LogP contribution in [-0.4, -0.2) is 28.1 Å². The number of carbonyl (C=O) groups excluding carboxylic acids is 2. The SMILES string of the molecule is CCCCCCCNC(=O)c1ccc(-n2nc(C)cc2NC(C)=O)cc1. The lowest BCUT2D eigenvalue weighted by Crippen LogP contribution is -2.24. The first-order valence-corrected chi connectivity index (χ1v) is 9.24. The Balaban J connectivity index is 1.96. The van der Waals surface area contributed by atoms with Crippen molar-refractivity contribution in [2.45, 2.75) is 52.9 Å². The standard InChI is InChI=1S/C20H28N4O2/c1-4-5-6-7-8-13-21-20(26)17-9-11-18(12-10-17)24-19(22-16(3)25)14-15(2)23-24/h9-12,14H,4-8,13H2,1-3H3,(H,21,26)(H,22,25). The topological polar surface area (TPSA) is 76.0 Å². The van der Waals surface area contributed by atoms with Crippen LogP contribution in [-0.2, 0) is 4.79 Å². The van der Waals surface area contributed by atoms with Crippen LogP contribution < -0.4 is 10.6 Å². The molecule has 0 fully saturated rings. The molecule has 6 nitrogen and oxygen atoms in total. The molecule has 0 unspecified atom stereocenters. The molecule has 2 N–H and O–H groups in total. The molecule has 26 heavy (non-hydrogen) atoms. The number of benzene rings is 1. The van der Waals surface area contributed by atoms with Crippen molar-refractivity contribution < 1.29 is 9.59 Å². The molecule has 0 aliphatic carbocycles. The molecule has 2 rings (SSSR count). The van der Waals surface area contributed by atoms with Gasteiger partial charge in [-0.15, -0.1) is 0 Å². The van der Waals surface area contributed by atoms with E-state index < -0.39 is 0 Å². The first-order valence-electron chi connectivity index (χ1n) is 9.24. The minimum absolute atomic E-state index is 0.0641.